The summed E-state index contributed by atoms with van der Waals surface area (Å²) in [6.45, 7) is 5.38. The SMILES string of the molecule is CCOC(=O)N1CC[NH+](CC(=O)N2c3ccccc3SC[C@H]2c2ccccc2)CC1. The number of piperazine rings is 1. The topological polar surface area (TPSA) is 54.3 Å². The van der Waals surface area contributed by atoms with Crippen molar-refractivity contribution in [2.24, 2.45) is 0 Å². The number of rotatable bonds is 4. The van der Waals surface area contributed by atoms with Crippen molar-refractivity contribution in [3.63, 3.8) is 0 Å². The number of nitrogens with one attached hydrogen (secondary N) is 1. The van der Waals surface area contributed by atoms with Gasteiger partial charge >= 0.3 is 6.09 Å². The number of hydrogen-bond acceptors (Lipinski definition) is 4. The Balaban J connectivity index is 1.49. The molecule has 7 heteroatoms. The molecule has 0 saturated carbocycles. The van der Waals surface area contributed by atoms with Gasteiger partial charge in [0.1, 0.15) is 0 Å². The van der Waals surface area contributed by atoms with Crippen molar-refractivity contribution in [3.8, 4) is 0 Å². The molecule has 2 aromatic carbocycles. The summed E-state index contributed by atoms with van der Waals surface area (Å²) in [5.74, 6) is 0.981. The van der Waals surface area contributed by atoms with Gasteiger partial charge in [-0.3, -0.25) is 14.6 Å². The number of ether oxygens (including phenoxy) is 1. The lowest BCUT2D eigenvalue weighted by atomic mass is 10.1. The van der Waals surface area contributed by atoms with Crippen LogP contribution in [0.3, 0.4) is 0 Å². The van der Waals surface area contributed by atoms with Crippen LogP contribution in [0.4, 0.5) is 10.5 Å². The third-order valence-electron chi connectivity index (χ3n) is 5.68. The van der Waals surface area contributed by atoms with Crippen LogP contribution in [-0.4, -0.2) is 62.0 Å². The van der Waals surface area contributed by atoms with E-state index in [0.29, 0.717) is 26.2 Å². The molecule has 2 aromatic rings. The summed E-state index contributed by atoms with van der Waals surface area (Å²) in [4.78, 5) is 31.5. The molecule has 158 valence electrons. The summed E-state index contributed by atoms with van der Waals surface area (Å²) in [6, 6.07) is 18.5. The molecule has 1 N–H and O–H groups in total. The molecule has 6 nitrogen and oxygen atoms in total. The zero-order valence-electron chi connectivity index (χ0n) is 17.3. The van der Waals surface area contributed by atoms with E-state index < -0.39 is 0 Å². The zero-order valence-corrected chi connectivity index (χ0v) is 18.1. The number of amides is 2. The van der Waals surface area contributed by atoms with E-state index in [-0.39, 0.29) is 18.0 Å². The predicted octanol–water partition coefficient (Wildman–Crippen LogP) is 2.22. The maximum Gasteiger partial charge on any atom is 0.410 e. The van der Waals surface area contributed by atoms with Crippen LogP contribution in [0.15, 0.2) is 59.5 Å². The van der Waals surface area contributed by atoms with E-state index in [1.165, 1.54) is 4.90 Å². The molecule has 2 aliphatic heterocycles. The van der Waals surface area contributed by atoms with Crippen LogP contribution in [0.25, 0.3) is 0 Å². The van der Waals surface area contributed by atoms with Crippen molar-refractivity contribution in [1.29, 1.82) is 0 Å². The zero-order chi connectivity index (χ0) is 20.9. The Morgan fingerprint density at radius 2 is 1.77 bits per heavy atom. The number of quaternary nitrogens is 1. The van der Waals surface area contributed by atoms with Gasteiger partial charge in [-0.1, -0.05) is 42.5 Å². The third-order valence-corrected chi connectivity index (χ3v) is 6.82. The quantitative estimate of drug-likeness (QED) is 0.815. The Morgan fingerprint density at radius 3 is 2.50 bits per heavy atom. The molecular formula is C23H28N3O3S+. The molecule has 1 fully saturated rings. The number of carbonyl (C=O) groups is 2. The molecule has 0 radical (unpaired) electrons. The predicted molar refractivity (Wildman–Crippen MR) is 118 cm³/mol. The molecule has 2 amide bonds. The van der Waals surface area contributed by atoms with E-state index in [1.807, 2.05) is 60.0 Å². The fraction of sp³-hybridized carbons (Fsp3) is 0.391. The fourth-order valence-corrected chi connectivity index (χ4v) is 5.28. The van der Waals surface area contributed by atoms with Crippen LogP contribution in [0.1, 0.15) is 18.5 Å². The Labute approximate surface area is 181 Å². The molecule has 0 unspecified atom stereocenters. The Morgan fingerprint density at radius 1 is 1.07 bits per heavy atom. The number of fused-ring (bicyclic) bond motifs is 1. The normalized spacial score (nSPS) is 19.3. The smallest absolute Gasteiger partial charge is 0.410 e. The van der Waals surface area contributed by atoms with Gasteiger partial charge in [-0.25, -0.2) is 4.79 Å². The van der Waals surface area contributed by atoms with Crippen LogP contribution in [0, 0.1) is 0 Å². The molecule has 2 aliphatic rings. The minimum Gasteiger partial charge on any atom is -0.450 e. The molecule has 0 aromatic heterocycles. The number of anilines is 1. The van der Waals surface area contributed by atoms with Gasteiger partial charge in [-0.15, -0.1) is 11.8 Å². The first kappa shape index (κ1) is 20.8. The molecule has 2 heterocycles. The molecule has 0 bridgehead atoms. The maximum atomic E-state index is 13.5. The van der Waals surface area contributed by atoms with Crippen LogP contribution < -0.4 is 9.80 Å². The minimum absolute atomic E-state index is 0.0267. The molecule has 1 atom stereocenters. The summed E-state index contributed by atoms with van der Waals surface area (Å²) < 4.78 is 5.10. The highest BCUT2D eigenvalue weighted by molar-refractivity contribution is 7.99. The Kier molecular flexibility index (Phi) is 6.59. The first-order valence-electron chi connectivity index (χ1n) is 10.5. The summed E-state index contributed by atoms with van der Waals surface area (Å²) in [5, 5.41) is 0. The highest BCUT2D eigenvalue weighted by Gasteiger charge is 2.35. The summed E-state index contributed by atoms with van der Waals surface area (Å²) in [6.07, 6.45) is -0.256. The number of para-hydroxylation sites is 1. The Hall–Kier alpha value is -2.51. The van der Waals surface area contributed by atoms with E-state index in [9.17, 15) is 9.59 Å². The van der Waals surface area contributed by atoms with Crippen LogP contribution in [0.2, 0.25) is 0 Å². The van der Waals surface area contributed by atoms with Crippen molar-refractivity contribution in [2.75, 3.05) is 50.0 Å². The first-order valence-corrected chi connectivity index (χ1v) is 11.5. The lowest BCUT2D eigenvalue weighted by molar-refractivity contribution is -0.895. The van der Waals surface area contributed by atoms with Gasteiger partial charge in [0, 0.05) is 10.6 Å². The van der Waals surface area contributed by atoms with Crippen LogP contribution in [-0.2, 0) is 9.53 Å². The highest BCUT2D eigenvalue weighted by Crippen LogP contribution is 2.42. The lowest BCUT2D eigenvalue weighted by Crippen LogP contribution is -3.16. The standard InChI is InChI=1S/C23H27N3O3S/c1-2-29-23(28)25-14-12-24(13-15-25)16-22(27)26-19-10-6-7-11-21(19)30-17-20(26)18-8-4-3-5-9-18/h3-11,20H,2,12-17H2,1H3/p+1/t20-/m0/s1. The lowest BCUT2D eigenvalue weighted by Gasteiger charge is -2.38. The number of benzene rings is 2. The van der Waals surface area contributed by atoms with Crippen molar-refractivity contribution in [1.82, 2.24) is 4.90 Å². The van der Waals surface area contributed by atoms with Gasteiger partial charge in [0.05, 0.1) is 44.5 Å². The molecule has 0 aliphatic carbocycles. The minimum atomic E-state index is -0.256. The van der Waals surface area contributed by atoms with E-state index >= 15 is 0 Å². The average molecular weight is 427 g/mol. The maximum absolute atomic E-state index is 13.5. The van der Waals surface area contributed by atoms with Crippen molar-refractivity contribution in [2.45, 2.75) is 17.9 Å². The van der Waals surface area contributed by atoms with E-state index in [0.717, 1.165) is 35.0 Å². The second-order valence-corrected chi connectivity index (χ2v) is 8.64. The van der Waals surface area contributed by atoms with Crippen molar-refractivity contribution >= 4 is 29.4 Å². The first-order chi connectivity index (χ1) is 14.7. The summed E-state index contributed by atoms with van der Waals surface area (Å²) in [7, 11) is 0. The molecule has 1 saturated heterocycles. The van der Waals surface area contributed by atoms with E-state index in [1.54, 1.807) is 4.90 Å². The summed E-state index contributed by atoms with van der Waals surface area (Å²) in [5.41, 5.74) is 2.16. The molecule has 30 heavy (non-hydrogen) atoms. The van der Waals surface area contributed by atoms with E-state index in [4.69, 9.17) is 4.74 Å². The Bertz CT molecular complexity index is 884. The number of thioether (sulfide) groups is 1. The largest absolute Gasteiger partial charge is 0.450 e. The fourth-order valence-electron chi connectivity index (χ4n) is 4.11. The molecule has 4 rings (SSSR count). The van der Waals surface area contributed by atoms with Crippen molar-refractivity contribution in [3.05, 3.63) is 60.2 Å². The second-order valence-electron chi connectivity index (χ2n) is 7.58. The van der Waals surface area contributed by atoms with Crippen LogP contribution >= 0.6 is 11.8 Å². The number of carbonyl (C=O) groups excluding carboxylic acids is 2. The van der Waals surface area contributed by atoms with Gasteiger partial charge in [0.15, 0.2) is 6.54 Å². The van der Waals surface area contributed by atoms with Gasteiger partial charge in [0.25, 0.3) is 5.91 Å². The molecular weight excluding hydrogens is 398 g/mol. The van der Waals surface area contributed by atoms with Crippen molar-refractivity contribution < 1.29 is 19.2 Å². The number of hydrogen-bond donors (Lipinski definition) is 1. The summed E-state index contributed by atoms with van der Waals surface area (Å²) >= 11 is 1.81. The van der Waals surface area contributed by atoms with E-state index in [2.05, 4.69) is 18.2 Å². The van der Waals surface area contributed by atoms with Gasteiger partial charge in [-0.05, 0) is 24.6 Å². The average Bonchev–Trinajstić information content (AvgIpc) is 2.79. The highest BCUT2D eigenvalue weighted by atomic mass is 32.2. The number of nitrogens with zero attached hydrogens (tertiary/aromatic N) is 2. The van der Waals surface area contributed by atoms with Crippen LogP contribution in [0.5, 0.6) is 0 Å². The van der Waals surface area contributed by atoms with Gasteiger partial charge < -0.3 is 9.64 Å². The monoisotopic (exact) mass is 426 g/mol. The second kappa shape index (κ2) is 9.53. The van der Waals surface area contributed by atoms with Gasteiger partial charge in [-0.2, -0.15) is 0 Å². The molecule has 0 spiro atoms. The third kappa shape index (κ3) is 4.47. The van der Waals surface area contributed by atoms with Gasteiger partial charge in [0.2, 0.25) is 0 Å².